The number of carbonyl (C=O) groups is 2. The SMILES string of the molecule is CC/C=C/C=C/C=C\CCCCCC(CC(=O)NC(CO)C(O)CCCCCCCCCCCCCC)OC(=O)CCCCCCC\C=C/C=C/C=C/C=C/CC. The van der Waals surface area contributed by atoms with Crippen LogP contribution < -0.4 is 5.32 Å². The minimum Gasteiger partial charge on any atom is -0.462 e. The Labute approximate surface area is 351 Å². The summed E-state index contributed by atoms with van der Waals surface area (Å²) in [5.41, 5.74) is 0. The van der Waals surface area contributed by atoms with Crippen LogP contribution in [-0.2, 0) is 14.3 Å². The Morgan fingerprint density at radius 2 is 0.947 bits per heavy atom. The maximum atomic E-state index is 13.1. The Morgan fingerprint density at radius 1 is 0.526 bits per heavy atom. The minimum absolute atomic E-state index is 0.0401. The third-order valence-corrected chi connectivity index (χ3v) is 10.1. The second kappa shape index (κ2) is 44.1. The minimum atomic E-state index is -0.804. The Bertz CT molecular complexity index is 1120. The van der Waals surface area contributed by atoms with Crippen molar-refractivity contribution < 1.29 is 24.5 Å². The Kier molecular flexibility index (Phi) is 41.9. The predicted octanol–water partition coefficient (Wildman–Crippen LogP) is 13.6. The lowest BCUT2D eigenvalue weighted by atomic mass is 10.0. The number of rotatable bonds is 40. The zero-order chi connectivity index (χ0) is 41.7. The predicted molar refractivity (Wildman–Crippen MR) is 245 cm³/mol. The van der Waals surface area contributed by atoms with Gasteiger partial charge in [0.1, 0.15) is 6.10 Å². The smallest absolute Gasteiger partial charge is 0.306 e. The zero-order valence-corrected chi connectivity index (χ0v) is 36.9. The Hall–Kier alpha value is -2.96. The van der Waals surface area contributed by atoms with Gasteiger partial charge in [0.25, 0.3) is 0 Å². The quantitative estimate of drug-likeness (QED) is 0.0326. The number of allylic oxidation sites excluding steroid dienone is 14. The number of ether oxygens (including phenoxy) is 1. The molecule has 0 heterocycles. The molecule has 3 atom stereocenters. The first-order valence-corrected chi connectivity index (χ1v) is 23.4. The lowest BCUT2D eigenvalue weighted by molar-refractivity contribution is -0.151. The van der Waals surface area contributed by atoms with Crippen LogP contribution in [0.15, 0.2) is 85.1 Å². The first-order valence-electron chi connectivity index (χ1n) is 23.4. The van der Waals surface area contributed by atoms with E-state index < -0.39 is 18.2 Å². The molecule has 1 amide bonds. The molecule has 326 valence electrons. The molecule has 3 N–H and O–H groups in total. The van der Waals surface area contributed by atoms with Crippen LogP contribution >= 0.6 is 0 Å². The summed E-state index contributed by atoms with van der Waals surface area (Å²) in [6.07, 6.45) is 56.4. The van der Waals surface area contributed by atoms with Gasteiger partial charge in [-0.05, 0) is 64.2 Å². The molecule has 0 aliphatic rings. The molecule has 0 aliphatic carbocycles. The van der Waals surface area contributed by atoms with Crippen molar-refractivity contribution in [2.75, 3.05) is 6.61 Å². The fourth-order valence-corrected chi connectivity index (χ4v) is 6.62. The molecule has 0 aromatic heterocycles. The summed E-state index contributed by atoms with van der Waals surface area (Å²) in [6, 6.07) is -0.720. The van der Waals surface area contributed by atoms with Crippen molar-refractivity contribution in [3.8, 4) is 0 Å². The number of aliphatic hydroxyl groups excluding tert-OH is 2. The molecule has 6 nitrogen and oxygen atoms in total. The number of aliphatic hydroxyl groups is 2. The van der Waals surface area contributed by atoms with Gasteiger partial charge in [-0.3, -0.25) is 9.59 Å². The summed E-state index contributed by atoms with van der Waals surface area (Å²) in [4.78, 5) is 26.0. The highest BCUT2D eigenvalue weighted by molar-refractivity contribution is 5.77. The van der Waals surface area contributed by atoms with Gasteiger partial charge in [-0.15, -0.1) is 0 Å². The normalized spacial score (nSPS) is 14.1. The van der Waals surface area contributed by atoms with Gasteiger partial charge in [0, 0.05) is 6.42 Å². The molecule has 0 aromatic rings. The highest BCUT2D eigenvalue weighted by Crippen LogP contribution is 2.17. The van der Waals surface area contributed by atoms with E-state index in [0.29, 0.717) is 19.3 Å². The third-order valence-electron chi connectivity index (χ3n) is 10.1. The molecule has 0 bridgehead atoms. The van der Waals surface area contributed by atoms with Crippen molar-refractivity contribution in [3.05, 3.63) is 85.1 Å². The Morgan fingerprint density at radius 3 is 1.46 bits per heavy atom. The number of amides is 1. The molecule has 6 heteroatoms. The maximum absolute atomic E-state index is 13.1. The van der Waals surface area contributed by atoms with Gasteiger partial charge in [0.15, 0.2) is 0 Å². The summed E-state index contributed by atoms with van der Waals surface area (Å²) in [5, 5.41) is 23.6. The van der Waals surface area contributed by atoms with Crippen LogP contribution in [-0.4, -0.2) is 46.9 Å². The molecular weight excluding hydrogens is 707 g/mol. The lowest BCUT2D eigenvalue weighted by Crippen LogP contribution is -2.46. The molecule has 3 unspecified atom stereocenters. The fraction of sp³-hybridized carbons (Fsp3) is 0.686. The van der Waals surface area contributed by atoms with Gasteiger partial charge in [0.2, 0.25) is 5.91 Å². The van der Waals surface area contributed by atoms with Gasteiger partial charge in [-0.25, -0.2) is 0 Å². The van der Waals surface area contributed by atoms with Gasteiger partial charge in [-0.1, -0.05) is 209 Å². The molecule has 0 radical (unpaired) electrons. The van der Waals surface area contributed by atoms with Gasteiger partial charge < -0.3 is 20.3 Å². The molecular formula is C51H87NO5. The third kappa shape index (κ3) is 39.6. The van der Waals surface area contributed by atoms with Crippen LogP contribution in [0, 0.1) is 0 Å². The second-order valence-corrected chi connectivity index (χ2v) is 15.5. The summed E-state index contributed by atoms with van der Waals surface area (Å²) in [6.45, 7) is 6.17. The molecule has 0 spiro atoms. The van der Waals surface area contributed by atoms with Crippen LogP contribution in [0.4, 0.5) is 0 Å². The first-order chi connectivity index (χ1) is 28.0. The zero-order valence-electron chi connectivity index (χ0n) is 36.9. The van der Waals surface area contributed by atoms with E-state index in [1.54, 1.807) is 0 Å². The lowest BCUT2D eigenvalue weighted by Gasteiger charge is -2.24. The van der Waals surface area contributed by atoms with Crippen LogP contribution in [0.1, 0.15) is 201 Å². The first kappa shape index (κ1) is 54.0. The van der Waals surface area contributed by atoms with E-state index in [2.05, 4.69) is 80.8 Å². The van der Waals surface area contributed by atoms with Crippen LogP contribution in [0.5, 0.6) is 0 Å². The largest absolute Gasteiger partial charge is 0.462 e. The van der Waals surface area contributed by atoms with E-state index in [1.807, 2.05) is 30.4 Å². The number of hydrogen-bond acceptors (Lipinski definition) is 5. The van der Waals surface area contributed by atoms with Crippen LogP contribution in [0.2, 0.25) is 0 Å². The molecule has 57 heavy (non-hydrogen) atoms. The molecule has 0 rings (SSSR count). The van der Waals surface area contributed by atoms with Crippen molar-refractivity contribution in [2.45, 2.75) is 219 Å². The Balaban J connectivity index is 4.66. The fourth-order valence-electron chi connectivity index (χ4n) is 6.62. The van der Waals surface area contributed by atoms with Crippen molar-refractivity contribution in [1.29, 1.82) is 0 Å². The summed E-state index contributed by atoms with van der Waals surface area (Å²) in [5.74, 6) is -0.545. The van der Waals surface area contributed by atoms with E-state index >= 15 is 0 Å². The van der Waals surface area contributed by atoms with E-state index in [1.165, 1.54) is 57.8 Å². The standard InChI is InChI=1S/C51H87NO5/c1-4-7-10-13-16-19-22-24-25-26-29-32-35-38-41-44-51(56)57-47(42-39-36-33-30-27-21-18-15-12-9-6-3)45-50(55)52-48(46-53)49(54)43-40-37-34-31-28-23-20-17-14-11-8-5-2/h7,9-10,12-13,15-16,18-19,21-22,24-25,27,47-49,53-54H,4-6,8,11,14,17,20,23,26,28-46H2,1-3H3,(H,52,55)/b10-7+,12-9+,16-13+,18-15+,22-19+,25-24-,27-21-. The average Bonchev–Trinajstić information content (AvgIpc) is 3.20. The van der Waals surface area contributed by atoms with E-state index in [9.17, 15) is 19.8 Å². The highest BCUT2D eigenvalue weighted by atomic mass is 16.5. The number of hydrogen-bond donors (Lipinski definition) is 3. The van der Waals surface area contributed by atoms with Gasteiger partial charge in [0.05, 0.1) is 25.2 Å². The van der Waals surface area contributed by atoms with Crippen LogP contribution in [0.3, 0.4) is 0 Å². The number of unbranched alkanes of at least 4 members (excludes halogenated alkanes) is 19. The number of nitrogens with one attached hydrogen (secondary N) is 1. The van der Waals surface area contributed by atoms with Crippen LogP contribution in [0.25, 0.3) is 0 Å². The van der Waals surface area contributed by atoms with Crippen molar-refractivity contribution in [2.24, 2.45) is 0 Å². The summed E-state index contributed by atoms with van der Waals surface area (Å²) >= 11 is 0. The molecule has 0 saturated heterocycles. The van der Waals surface area contributed by atoms with Crippen molar-refractivity contribution >= 4 is 11.9 Å². The summed E-state index contributed by atoms with van der Waals surface area (Å²) in [7, 11) is 0. The molecule has 0 aliphatic heterocycles. The van der Waals surface area contributed by atoms with Gasteiger partial charge in [-0.2, -0.15) is 0 Å². The second-order valence-electron chi connectivity index (χ2n) is 15.5. The topological polar surface area (TPSA) is 95.9 Å². The van der Waals surface area contributed by atoms with Crippen molar-refractivity contribution in [3.63, 3.8) is 0 Å². The maximum Gasteiger partial charge on any atom is 0.306 e. The summed E-state index contributed by atoms with van der Waals surface area (Å²) < 4.78 is 5.88. The molecule has 0 saturated carbocycles. The van der Waals surface area contributed by atoms with E-state index in [-0.39, 0.29) is 24.9 Å². The molecule has 0 fully saturated rings. The van der Waals surface area contributed by atoms with E-state index in [0.717, 1.165) is 96.3 Å². The average molecular weight is 794 g/mol. The monoisotopic (exact) mass is 794 g/mol. The van der Waals surface area contributed by atoms with Gasteiger partial charge >= 0.3 is 5.97 Å². The number of esters is 1. The van der Waals surface area contributed by atoms with Crippen molar-refractivity contribution in [1.82, 2.24) is 5.32 Å². The molecule has 0 aromatic carbocycles. The number of carbonyl (C=O) groups excluding carboxylic acids is 2. The highest BCUT2D eigenvalue weighted by Gasteiger charge is 2.24. The van der Waals surface area contributed by atoms with E-state index in [4.69, 9.17) is 4.74 Å².